The molecule has 0 aromatic heterocycles. The van der Waals surface area contributed by atoms with Crippen LogP contribution in [-0.4, -0.2) is 32.4 Å². The topological polar surface area (TPSA) is 66.4 Å². The van der Waals surface area contributed by atoms with Gasteiger partial charge in [-0.1, -0.05) is 13.8 Å². The highest BCUT2D eigenvalue weighted by atomic mass is 32.2. The number of aliphatic hydroxyl groups is 1. The van der Waals surface area contributed by atoms with Crippen molar-refractivity contribution in [3.63, 3.8) is 0 Å². The normalized spacial score (nSPS) is 12.3. The molecule has 0 radical (unpaired) electrons. The van der Waals surface area contributed by atoms with E-state index in [4.69, 9.17) is 5.11 Å². The van der Waals surface area contributed by atoms with Gasteiger partial charge in [-0.15, -0.1) is 0 Å². The predicted molar refractivity (Wildman–Crippen MR) is 62.2 cm³/mol. The van der Waals surface area contributed by atoms with Crippen LogP contribution in [0.25, 0.3) is 0 Å². The second-order valence-corrected chi connectivity index (χ2v) is 6.11. The molecule has 0 atom stereocenters. The summed E-state index contributed by atoms with van der Waals surface area (Å²) >= 11 is 0. The van der Waals surface area contributed by atoms with Crippen LogP contribution in [0.3, 0.4) is 0 Å². The molecule has 0 saturated heterocycles. The number of aliphatic hydroxyl groups excluding tert-OH is 1. The van der Waals surface area contributed by atoms with E-state index >= 15 is 0 Å². The lowest BCUT2D eigenvalue weighted by Crippen LogP contribution is -2.27. The van der Waals surface area contributed by atoms with E-state index in [1.807, 2.05) is 13.8 Å². The molecule has 0 saturated carbocycles. The third-order valence-corrected chi connectivity index (χ3v) is 3.54. The molecule has 0 fully saturated rings. The first-order valence-electron chi connectivity index (χ1n) is 5.56. The van der Waals surface area contributed by atoms with Gasteiger partial charge in [0.2, 0.25) is 10.0 Å². The molecule has 0 aliphatic carbocycles. The van der Waals surface area contributed by atoms with Crippen molar-refractivity contribution >= 4 is 10.0 Å². The van der Waals surface area contributed by atoms with Crippen LogP contribution in [0.4, 0.5) is 0 Å². The summed E-state index contributed by atoms with van der Waals surface area (Å²) in [5.74, 6) is 0.626. The third kappa shape index (κ3) is 10.2. The number of hydrogen-bond acceptors (Lipinski definition) is 3. The molecule has 92 valence electrons. The first-order chi connectivity index (χ1) is 6.98. The zero-order valence-electron chi connectivity index (χ0n) is 9.70. The van der Waals surface area contributed by atoms with E-state index in [1.54, 1.807) is 0 Å². The molecule has 0 heterocycles. The zero-order valence-corrected chi connectivity index (χ0v) is 10.5. The van der Waals surface area contributed by atoms with E-state index in [-0.39, 0.29) is 12.4 Å². The van der Waals surface area contributed by atoms with E-state index in [1.165, 1.54) is 0 Å². The van der Waals surface area contributed by atoms with E-state index < -0.39 is 10.0 Å². The van der Waals surface area contributed by atoms with Gasteiger partial charge in [0.1, 0.15) is 0 Å². The fraction of sp³-hybridized carbons (Fsp3) is 1.00. The molecular weight excluding hydrogens is 214 g/mol. The lowest BCUT2D eigenvalue weighted by Gasteiger charge is -2.07. The molecule has 0 aliphatic rings. The SMILES string of the molecule is CC(C)CCS(=O)(=O)NCCCCCO. The third-order valence-electron chi connectivity index (χ3n) is 2.12. The molecule has 4 nitrogen and oxygen atoms in total. The van der Waals surface area contributed by atoms with E-state index in [2.05, 4.69) is 4.72 Å². The van der Waals surface area contributed by atoms with Gasteiger partial charge in [-0.05, 0) is 31.6 Å². The molecular formula is C10H23NO3S. The average Bonchev–Trinajstić information content (AvgIpc) is 2.15. The molecule has 0 aromatic carbocycles. The first-order valence-corrected chi connectivity index (χ1v) is 7.21. The largest absolute Gasteiger partial charge is 0.396 e. The Morgan fingerprint density at radius 1 is 1.20 bits per heavy atom. The predicted octanol–water partition coefficient (Wildman–Crippen LogP) is 1.11. The summed E-state index contributed by atoms with van der Waals surface area (Å²) in [7, 11) is -3.08. The van der Waals surface area contributed by atoms with Crippen molar-refractivity contribution in [1.82, 2.24) is 4.72 Å². The zero-order chi connectivity index (χ0) is 11.7. The van der Waals surface area contributed by atoms with Crippen molar-refractivity contribution < 1.29 is 13.5 Å². The molecule has 0 spiro atoms. The Morgan fingerprint density at radius 2 is 1.87 bits per heavy atom. The van der Waals surface area contributed by atoms with Crippen molar-refractivity contribution in [2.24, 2.45) is 5.92 Å². The summed E-state index contributed by atoms with van der Waals surface area (Å²) in [6.45, 7) is 4.69. The molecule has 2 N–H and O–H groups in total. The Kier molecular flexibility index (Phi) is 8.00. The standard InChI is InChI=1S/C10H23NO3S/c1-10(2)6-9-15(13,14)11-7-4-3-5-8-12/h10-12H,3-9H2,1-2H3. The summed E-state index contributed by atoms with van der Waals surface area (Å²) in [6.07, 6.45) is 3.10. The fourth-order valence-electron chi connectivity index (χ4n) is 1.10. The second-order valence-electron chi connectivity index (χ2n) is 4.18. The summed E-state index contributed by atoms with van der Waals surface area (Å²) < 4.78 is 25.4. The maximum atomic E-state index is 11.4. The van der Waals surface area contributed by atoms with Gasteiger partial charge in [0.05, 0.1) is 5.75 Å². The van der Waals surface area contributed by atoms with Crippen LogP contribution in [-0.2, 0) is 10.0 Å². The number of sulfonamides is 1. The van der Waals surface area contributed by atoms with E-state index in [0.29, 0.717) is 18.9 Å². The Balaban J connectivity index is 3.56. The highest BCUT2D eigenvalue weighted by molar-refractivity contribution is 7.89. The minimum Gasteiger partial charge on any atom is -0.396 e. The summed E-state index contributed by atoms with van der Waals surface area (Å²) in [4.78, 5) is 0. The van der Waals surface area contributed by atoms with Crippen LogP contribution in [0.2, 0.25) is 0 Å². The summed E-state index contributed by atoms with van der Waals surface area (Å²) in [6, 6.07) is 0. The van der Waals surface area contributed by atoms with Gasteiger partial charge in [0, 0.05) is 13.2 Å². The quantitative estimate of drug-likeness (QED) is 0.590. The van der Waals surface area contributed by atoms with Crippen molar-refractivity contribution in [3.05, 3.63) is 0 Å². The number of rotatable bonds is 9. The minimum absolute atomic E-state index is 0.181. The van der Waals surface area contributed by atoms with Gasteiger partial charge in [0.25, 0.3) is 0 Å². The molecule has 0 rings (SSSR count). The van der Waals surface area contributed by atoms with Crippen LogP contribution in [0.1, 0.15) is 39.5 Å². The van der Waals surface area contributed by atoms with Gasteiger partial charge < -0.3 is 5.11 Å². The van der Waals surface area contributed by atoms with E-state index in [0.717, 1.165) is 19.3 Å². The second kappa shape index (κ2) is 8.07. The average molecular weight is 237 g/mol. The number of hydrogen-bond donors (Lipinski definition) is 2. The van der Waals surface area contributed by atoms with Gasteiger partial charge in [0.15, 0.2) is 0 Å². The van der Waals surface area contributed by atoms with E-state index in [9.17, 15) is 8.42 Å². The van der Waals surface area contributed by atoms with Crippen molar-refractivity contribution in [3.8, 4) is 0 Å². The van der Waals surface area contributed by atoms with Crippen molar-refractivity contribution in [2.45, 2.75) is 39.5 Å². The highest BCUT2D eigenvalue weighted by Gasteiger charge is 2.09. The first kappa shape index (κ1) is 14.9. The van der Waals surface area contributed by atoms with Crippen LogP contribution in [0, 0.1) is 5.92 Å². The Labute approximate surface area is 93.1 Å². The van der Waals surface area contributed by atoms with Crippen LogP contribution < -0.4 is 4.72 Å². The van der Waals surface area contributed by atoms with Gasteiger partial charge in [-0.3, -0.25) is 0 Å². The summed E-state index contributed by atoms with van der Waals surface area (Å²) in [5, 5.41) is 8.53. The number of nitrogens with one attached hydrogen (secondary N) is 1. The maximum Gasteiger partial charge on any atom is 0.211 e. The molecule has 0 aliphatic heterocycles. The van der Waals surface area contributed by atoms with Crippen LogP contribution >= 0.6 is 0 Å². The number of unbranched alkanes of at least 4 members (excludes halogenated alkanes) is 2. The lowest BCUT2D eigenvalue weighted by atomic mass is 10.2. The molecule has 0 amide bonds. The Bertz CT molecular complexity index is 237. The summed E-state index contributed by atoms with van der Waals surface area (Å²) in [5.41, 5.74) is 0. The van der Waals surface area contributed by atoms with Crippen LogP contribution in [0.5, 0.6) is 0 Å². The smallest absolute Gasteiger partial charge is 0.211 e. The fourth-order valence-corrected chi connectivity index (χ4v) is 2.49. The molecule has 15 heavy (non-hydrogen) atoms. The van der Waals surface area contributed by atoms with Crippen molar-refractivity contribution in [2.75, 3.05) is 18.9 Å². The molecule has 0 unspecified atom stereocenters. The molecule has 0 bridgehead atoms. The Morgan fingerprint density at radius 3 is 2.40 bits per heavy atom. The minimum atomic E-state index is -3.08. The monoisotopic (exact) mass is 237 g/mol. The highest BCUT2D eigenvalue weighted by Crippen LogP contribution is 2.02. The van der Waals surface area contributed by atoms with Crippen molar-refractivity contribution in [1.29, 1.82) is 0 Å². The maximum absolute atomic E-state index is 11.4. The van der Waals surface area contributed by atoms with Gasteiger partial charge in [-0.2, -0.15) is 0 Å². The Hall–Kier alpha value is -0.130. The molecule has 5 heteroatoms. The lowest BCUT2D eigenvalue weighted by molar-refractivity contribution is 0.283. The van der Waals surface area contributed by atoms with Crippen LogP contribution in [0.15, 0.2) is 0 Å². The molecule has 0 aromatic rings. The van der Waals surface area contributed by atoms with Gasteiger partial charge >= 0.3 is 0 Å². The van der Waals surface area contributed by atoms with Gasteiger partial charge in [-0.25, -0.2) is 13.1 Å².